The minimum absolute atomic E-state index is 0.145. The maximum atomic E-state index is 12.5. The van der Waals surface area contributed by atoms with Gasteiger partial charge in [-0.3, -0.25) is 0 Å². The first kappa shape index (κ1) is 16.5. The summed E-state index contributed by atoms with van der Waals surface area (Å²) in [6.45, 7) is 1.90. The number of carboxylic acids is 1. The van der Waals surface area contributed by atoms with E-state index in [1.165, 1.54) is 0 Å². The van der Waals surface area contributed by atoms with Crippen LogP contribution in [0.3, 0.4) is 0 Å². The fraction of sp³-hybridized carbons (Fsp3) is 0.533. The minimum Gasteiger partial charge on any atom is -0.483 e. The quantitative estimate of drug-likeness (QED) is 0.875. The van der Waals surface area contributed by atoms with Crippen LogP contribution in [0.15, 0.2) is 18.2 Å². The predicted octanol–water partition coefficient (Wildman–Crippen LogP) is 4.39. The fourth-order valence-corrected chi connectivity index (χ4v) is 2.71. The molecule has 0 atom stereocenters. The zero-order chi connectivity index (χ0) is 16.4. The first-order chi connectivity index (χ1) is 10.2. The Balaban J connectivity index is 2.36. The lowest BCUT2D eigenvalue weighted by molar-refractivity contribution is -0.275. The van der Waals surface area contributed by atoms with Crippen molar-refractivity contribution in [3.8, 4) is 11.5 Å². The van der Waals surface area contributed by atoms with Crippen LogP contribution in [0.5, 0.6) is 11.5 Å². The van der Waals surface area contributed by atoms with Crippen LogP contribution >= 0.6 is 0 Å². The first-order valence-corrected chi connectivity index (χ1v) is 7.07. The summed E-state index contributed by atoms with van der Waals surface area (Å²) in [7, 11) is 0. The standard InChI is InChI=1S/C15H17F3O4/c1-2-14(7-3-4-8-14)21-12-9-10(13(19)20)5-6-11(12)22-15(16,17)18/h5-6,9H,2-4,7-8H2,1H3,(H,19,20). The molecule has 0 saturated heterocycles. The molecule has 122 valence electrons. The second-order valence-electron chi connectivity index (χ2n) is 5.36. The Kier molecular flexibility index (Phi) is 4.53. The van der Waals surface area contributed by atoms with Crippen LogP contribution in [0.4, 0.5) is 13.2 Å². The van der Waals surface area contributed by atoms with E-state index >= 15 is 0 Å². The molecule has 0 aliphatic heterocycles. The Morgan fingerprint density at radius 2 is 1.91 bits per heavy atom. The van der Waals surface area contributed by atoms with Gasteiger partial charge in [0.1, 0.15) is 5.60 Å². The number of ether oxygens (including phenoxy) is 2. The van der Waals surface area contributed by atoms with Crippen molar-refractivity contribution in [2.24, 2.45) is 0 Å². The zero-order valence-electron chi connectivity index (χ0n) is 12.1. The molecule has 0 aromatic heterocycles. The summed E-state index contributed by atoms with van der Waals surface area (Å²) in [5.41, 5.74) is -0.699. The monoisotopic (exact) mass is 318 g/mol. The largest absolute Gasteiger partial charge is 0.573 e. The van der Waals surface area contributed by atoms with Crippen molar-refractivity contribution in [1.82, 2.24) is 0 Å². The van der Waals surface area contributed by atoms with E-state index in [4.69, 9.17) is 9.84 Å². The molecule has 1 aliphatic carbocycles. The molecule has 1 aromatic rings. The summed E-state index contributed by atoms with van der Waals surface area (Å²) >= 11 is 0. The number of halogens is 3. The number of carbonyl (C=O) groups is 1. The van der Waals surface area contributed by atoms with Crippen LogP contribution in [0.2, 0.25) is 0 Å². The Morgan fingerprint density at radius 1 is 1.27 bits per heavy atom. The van der Waals surface area contributed by atoms with E-state index in [9.17, 15) is 18.0 Å². The van der Waals surface area contributed by atoms with Crippen LogP contribution < -0.4 is 9.47 Å². The van der Waals surface area contributed by atoms with Crippen LogP contribution in [0.1, 0.15) is 49.4 Å². The molecule has 0 bridgehead atoms. The van der Waals surface area contributed by atoms with Gasteiger partial charge in [0.2, 0.25) is 0 Å². The Hall–Kier alpha value is -1.92. The van der Waals surface area contributed by atoms with E-state index in [2.05, 4.69) is 4.74 Å². The van der Waals surface area contributed by atoms with Crippen LogP contribution in [-0.4, -0.2) is 23.0 Å². The lowest BCUT2D eigenvalue weighted by atomic mass is 9.98. The van der Waals surface area contributed by atoms with Crippen molar-refractivity contribution in [3.05, 3.63) is 23.8 Å². The normalized spacial score (nSPS) is 17.3. The van der Waals surface area contributed by atoms with E-state index in [0.29, 0.717) is 6.42 Å². The topological polar surface area (TPSA) is 55.8 Å². The van der Waals surface area contributed by atoms with Crippen LogP contribution in [0.25, 0.3) is 0 Å². The van der Waals surface area contributed by atoms with Gasteiger partial charge >= 0.3 is 12.3 Å². The van der Waals surface area contributed by atoms with Crippen molar-refractivity contribution in [2.75, 3.05) is 0 Å². The Labute approximate surface area is 125 Å². The predicted molar refractivity (Wildman–Crippen MR) is 72.2 cm³/mol. The summed E-state index contributed by atoms with van der Waals surface area (Å²) in [5.74, 6) is -1.93. The molecule has 0 amide bonds. The summed E-state index contributed by atoms with van der Waals surface area (Å²) in [4.78, 5) is 11.0. The van der Waals surface area contributed by atoms with Crippen molar-refractivity contribution < 1.29 is 32.5 Å². The molecule has 22 heavy (non-hydrogen) atoms. The van der Waals surface area contributed by atoms with E-state index in [-0.39, 0.29) is 11.3 Å². The van der Waals surface area contributed by atoms with Gasteiger partial charge in [-0.05, 0) is 50.3 Å². The number of aromatic carboxylic acids is 1. The van der Waals surface area contributed by atoms with Gasteiger partial charge in [-0.1, -0.05) is 6.92 Å². The number of benzene rings is 1. The molecule has 1 N–H and O–H groups in total. The highest BCUT2D eigenvalue weighted by Gasteiger charge is 2.37. The van der Waals surface area contributed by atoms with Gasteiger partial charge in [-0.15, -0.1) is 13.2 Å². The van der Waals surface area contributed by atoms with Crippen molar-refractivity contribution in [1.29, 1.82) is 0 Å². The fourth-order valence-electron chi connectivity index (χ4n) is 2.71. The SMILES string of the molecule is CCC1(Oc2cc(C(=O)O)ccc2OC(F)(F)F)CCCC1. The molecule has 1 aromatic carbocycles. The van der Waals surface area contributed by atoms with Gasteiger partial charge in [0.15, 0.2) is 11.5 Å². The highest BCUT2D eigenvalue weighted by atomic mass is 19.4. The second-order valence-corrected chi connectivity index (χ2v) is 5.36. The maximum absolute atomic E-state index is 12.5. The number of carboxylic acid groups (broad SMARTS) is 1. The number of hydrogen-bond acceptors (Lipinski definition) is 3. The lowest BCUT2D eigenvalue weighted by Crippen LogP contribution is -2.32. The number of hydrogen-bond donors (Lipinski definition) is 1. The third-order valence-electron chi connectivity index (χ3n) is 3.90. The minimum atomic E-state index is -4.86. The molecule has 0 unspecified atom stereocenters. The molecule has 1 aliphatic rings. The van der Waals surface area contributed by atoms with Gasteiger partial charge in [-0.25, -0.2) is 4.79 Å². The van der Waals surface area contributed by atoms with Gasteiger partial charge in [0.05, 0.1) is 5.56 Å². The van der Waals surface area contributed by atoms with Gasteiger partial charge in [-0.2, -0.15) is 0 Å². The van der Waals surface area contributed by atoms with Crippen LogP contribution in [-0.2, 0) is 0 Å². The molecular weight excluding hydrogens is 301 g/mol. The van der Waals surface area contributed by atoms with E-state index in [0.717, 1.165) is 43.9 Å². The molecule has 0 spiro atoms. The molecule has 4 nitrogen and oxygen atoms in total. The summed E-state index contributed by atoms with van der Waals surface area (Å²) in [6, 6.07) is 3.12. The van der Waals surface area contributed by atoms with Gasteiger partial charge in [0.25, 0.3) is 0 Å². The van der Waals surface area contributed by atoms with Crippen LogP contribution in [0, 0.1) is 0 Å². The number of rotatable bonds is 5. The zero-order valence-corrected chi connectivity index (χ0v) is 12.1. The molecule has 0 heterocycles. The third-order valence-corrected chi connectivity index (χ3v) is 3.90. The van der Waals surface area contributed by atoms with Gasteiger partial charge < -0.3 is 14.6 Å². The van der Waals surface area contributed by atoms with E-state index in [1.54, 1.807) is 0 Å². The second kappa shape index (κ2) is 6.06. The first-order valence-electron chi connectivity index (χ1n) is 7.07. The molecule has 1 saturated carbocycles. The lowest BCUT2D eigenvalue weighted by Gasteiger charge is -2.30. The highest BCUT2D eigenvalue weighted by Crippen LogP contribution is 2.41. The van der Waals surface area contributed by atoms with E-state index < -0.39 is 23.7 Å². The van der Waals surface area contributed by atoms with E-state index in [1.807, 2.05) is 6.92 Å². The highest BCUT2D eigenvalue weighted by molar-refractivity contribution is 5.88. The van der Waals surface area contributed by atoms with Crippen molar-refractivity contribution >= 4 is 5.97 Å². The molecule has 7 heteroatoms. The average molecular weight is 318 g/mol. The van der Waals surface area contributed by atoms with Gasteiger partial charge in [0, 0.05) is 0 Å². The Morgan fingerprint density at radius 3 is 2.41 bits per heavy atom. The summed E-state index contributed by atoms with van der Waals surface area (Å²) < 4.78 is 47.2. The third kappa shape index (κ3) is 3.84. The maximum Gasteiger partial charge on any atom is 0.573 e. The average Bonchev–Trinajstić information content (AvgIpc) is 2.88. The smallest absolute Gasteiger partial charge is 0.483 e. The summed E-state index contributed by atoms with van der Waals surface area (Å²) in [5, 5.41) is 9.00. The Bertz CT molecular complexity index is 548. The number of alkyl halides is 3. The molecule has 1 fully saturated rings. The van der Waals surface area contributed by atoms with Crippen molar-refractivity contribution in [2.45, 2.75) is 51.0 Å². The van der Waals surface area contributed by atoms with Crippen molar-refractivity contribution in [3.63, 3.8) is 0 Å². The summed E-state index contributed by atoms with van der Waals surface area (Å²) in [6.07, 6.45) is -0.907. The molecule has 0 radical (unpaired) electrons. The molecular formula is C15H17F3O4. The molecule has 2 rings (SSSR count).